The van der Waals surface area contributed by atoms with E-state index < -0.39 is 90.8 Å². The van der Waals surface area contributed by atoms with E-state index in [9.17, 15) is 24.0 Å². The van der Waals surface area contributed by atoms with Crippen LogP contribution in [0.5, 0.6) is 0 Å². The van der Waals surface area contributed by atoms with E-state index in [1.807, 2.05) is 42.6 Å². The lowest BCUT2D eigenvalue weighted by molar-refractivity contribution is -0.136. The zero-order valence-corrected chi connectivity index (χ0v) is 34.0. The molecule has 3 N–H and O–H groups in total. The number of imide groups is 2. The predicted molar refractivity (Wildman–Crippen MR) is 234 cm³/mol. The molecule has 15 nitrogen and oxygen atoms in total. The van der Waals surface area contributed by atoms with Gasteiger partial charge in [0.05, 0.1) is 28.0 Å². The second-order valence-corrected chi connectivity index (χ2v) is 15.7. The van der Waals surface area contributed by atoms with Gasteiger partial charge in [0.1, 0.15) is 6.04 Å². The number of likely N-dealkylation sites (tertiary alicyclic amines) is 1. The lowest BCUT2D eigenvalue weighted by Gasteiger charge is -2.39. The van der Waals surface area contributed by atoms with Gasteiger partial charge in [-0.2, -0.15) is 0 Å². The molecular formula is C47H47FN10O5. The fraction of sp³-hybridized carbons (Fsp3) is 0.319. The van der Waals surface area contributed by atoms with Gasteiger partial charge in [-0.05, 0) is 111 Å². The number of anilines is 4. The minimum atomic E-state index is -3.47. The van der Waals surface area contributed by atoms with Gasteiger partial charge >= 0.3 is 0 Å². The van der Waals surface area contributed by atoms with Crippen molar-refractivity contribution in [2.75, 3.05) is 61.2 Å². The SMILES string of the molecule is [2H]C1([2H])N(CC2CCN(Cc3ccc(C(=O)Nc4ccc(C)c(Nc5nccc(-c6cccnc6)n5)c4)cc3)CC2)C([2H])([2H])C([2H])([2H])N(c2ccc3c(c2F)C(=O)N(C2CCC(=O)NC2=O)C3=O)C1([2H])[2H]. The van der Waals surface area contributed by atoms with Gasteiger partial charge in [-0.15, -0.1) is 0 Å². The summed E-state index contributed by atoms with van der Waals surface area (Å²) in [6.45, 7) is -10.5. The number of halogens is 1. The van der Waals surface area contributed by atoms with Crippen molar-refractivity contribution in [3.05, 3.63) is 125 Å². The number of piperidine rings is 2. The zero-order chi connectivity index (χ0) is 50.8. The summed E-state index contributed by atoms with van der Waals surface area (Å²) in [4.78, 5) is 80.8. The second-order valence-electron chi connectivity index (χ2n) is 15.7. The van der Waals surface area contributed by atoms with E-state index in [1.54, 1.807) is 48.9 Å². The number of carbonyl (C=O) groups is 5. The minimum Gasteiger partial charge on any atom is -0.367 e. The molecule has 3 aromatic carbocycles. The molecule has 4 aliphatic heterocycles. The molecule has 1 unspecified atom stereocenters. The van der Waals surface area contributed by atoms with Crippen molar-refractivity contribution in [1.82, 2.24) is 35.0 Å². The van der Waals surface area contributed by atoms with Crippen LogP contribution in [0.1, 0.15) is 78.9 Å². The summed E-state index contributed by atoms with van der Waals surface area (Å²) in [5, 5.41) is 8.20. The van der Waals surface area contributed by atoms with Crippen molar-refractivity contribution in [3.8, 4) is 11.3 Å². The molecule has 0 saturated carbocycles. The number of hydrogen-bond donors (Lipinski definition) is 3. The van der Waals surface area contributed by atoms with Gasteiger partial charge in [0.25, 0.3) is 17.7 Å². The van der Waals surface area contributed by atoms with E-state index in [0.29, 0.717) is 70.9 Å². The van der Waals surface area contributed by atoms with Crippen LogP contribution in [0.25, 0.3) is 11.3 Å². The fourth-order valence-corrected chi connectivity index (χ4v) is 8.02. The summed E-state index contributed by atoms with van der Waals surface area (Å²) in [6, 6.07) is 18.4. The van der Waals surface area contributed by atoms with Crippen LogP contribution in [0.3, 0.4) is 0 Å². The molecule has 9 rings (SSSR count). The zero-order valence-electron chi connectivity index (χ0n) is 42.0. The van der Waals surface area contributed by atoms with Gasteiger partial charge in [0.15, 0.2) is 5.82 Å². The average Bonchev–Trinajstić information content (AvgIpc) is 3.58. The number of nitrogens with one attached hydrogen (secondary N) is 3. The molecule has 16 heteroatoms. The van der Waals surface area contributed by atoms with Crippen LogP contribution in [-0.4, -0.2) is 111 Å². The third kappa shape index (κ3) is 8.90. The number of carbonyl (C=O) groups excluding carboxylic acids is 5. The van der Waals surface area contributed by atoms with Crippen molar-refractivity contribution in [2.45, 2.75) is 45.2 Å². The molecule has 0 radical (unpaired) electrons. The number of fused-ring (bicyclic) bond motifs is 1. The molecule has 0 spiro atoms. The highest BCUT2D eigenvalue weighted by molar-refractivity contribution is 6.24. The largest absolute Gasteiger partial charge is 0.367 e. The smallest absolute Gasteiger partial charge is 0.265 e. The fourth-order valence-electron chi connectivity index (χ4n) is 8.02. The topological polar surface area (TPSA) is 173 Å². The maximum absolute atomic E-state index is 16.6. The maximum atomic E-state index is 16.6. The van der Waals surface area contributed by atoms with Gasteiger partial charge in [-0.3, -0.25) is 49.0 Å². The Kier molecular flexibility index (Phi) is 9.27. The molecule has 0 aliphatic carbocycles. The molecule has 2 aromatic heterocycles. The van der Waals surface area contributed by atoms with Gasteiger partial charge in [-0.25, -0.2) is 14.4 Å². The molecular weight excluding hydrogens is 804 g/mol. The Balaban J connectivity index is 0.821. The van der Waals surface area contributed by atoms with Crippen LogP contribution in [0, 0.1) is 18.7 Å². The Hall–Kier alpha value is -6.91. The number of rotatable bonds is 11. The Bertz CT molecular complexity index is 2940. The molecule has 3 saturated heterocycles. The number of hydrogen-bond acceptors (Lipinski definition) is 12. The van der Waals surface area contributed by atoms with E-state index in [2.05, 4.69) is 30.5 Å². The number of benzene rings is 3. The summed E-state index contributed by atoms with van der Waals surface area (Å²) < 4.78 is 88.5. The molecule has 5 aromatic rings. The predicted octanol–water partition coefficient (Wildman–Crippen LogP) is 5.42. The van der Waals surface area contributed by atoms with Crippen LogP contribution in [0.2, 0.25) is 0 Å². The highest BCUT2D eigenvalue weighted by Gasteiger charge is 2.46. The molecule has 5 amide bonds. The third-order valence-electron chi connectivity index (χ3n) is 11.5. The Morgan fingerprint density at radius 1 is 0.905 bits per heavy atom. The third-order valence-corrected chi connectivity index (χ3v) is 11.5. The van der Waals surface area contributed by atoms with Crippen LogP contribution >= 0.6 is 0 Å². The van der Waals surface area contributed by atoms with Crippen LogP contribution in [-0.2, 0) is 16.1 Å². The Labute approximate surface area is 374 Å². The lowest BCUT2D eigenvalue weighted by atomic mass is 9.95. The molecule has 63 heavy (non-hydrogen) atoms. The Morgan fingerprint density at radius 3 is 2.44 bits per heavy atom. The first kappa shape index (κ1) is 32.8. The number of piperazine rings is 1. The van der Waals surface area contributed by atoms with Crippen LogP contribution in [0.15, 0.2) is 91.4 Å². The number of pyridine rings is 1. The first-order valence-electron chi connectivity index (χ1n) is 24.5. The second kappa shape index (κ2) is 17.8. The van der Waals surface area contributed by atoms with E-state index >= 15 is 4.39 Å². The van der Waals surface area contributed by atoms with Crippen LogP contribution < -0.4 is 20.9 Å². The van der Waals surface area contributed by atoms with E-state index in [0.717, 1.165) is 28.8 Å². The summed E-state index contributed by atoms with van der Waals surface area (Å²) in [5.74, 6) is -5.90. The number of aromatic nitrogens is 3. The highest BCUT2D eigenvalue weighted by Crippen LogP contribution is 2.35. The molecule has 6 heterocycles. The van der Waals surface area contributed by atoms with Gasteiger partial charge in [0.2, 0.25) is 17.8 Å². The monoisotopic (exact) mass is 858 g/mol. The van der Waals surface area contributed by atoms with Gasteiger partial charge in [0, 0.05) is 92.1 Å². The highest BCUT2D eigenvalue weighted by atomic mass is 19.1. The Morgan fingerprint density at radius 2 is 1.70 bits per heavy atom. The molecule has 4 aliphatic rings. The summed E-state index contributed by atoms with van der Waals surface area (Å²) in [5.41, 5.74) is 2.61. The normalized spacial score (nSPS) is 23.7. The van der Waals surface area contributed by atoms with Crippen LogP contribution in [0.4, 0.5) is 27.4 Å². The van der Waals surface area contributed by atoms with Crippen molar-refractivity contribution in [1.29, 1.82) is 0 Å². The number of amides is 5. The van der Waals surface area contributed by atoms with Crippen molar-refractivity contribution in [2.24, 2.45) is 5.92 Å². The summed E-state index contributed by atoms with van der Waals surface area (Å²) >= 11 is 0. The summed E-state index contributed by atoms with van der Waals surface area (Å²) in [7, 11) is 0. The minimum absolute atomic E-state index is 0.00846. The van der Waals surface area contributed by atoms with Gasteiger partial charge in [-0.1, -0.05) is 18.2 Å². The maximum Gasteiger partial charge on any atom is 0.265 e. The standard InChI is InChI=1S/C47H47FN10O5/c1-29-4-9-34(25-37(29)53-47-50-18-14-36(52-47)33-3-2-17-49-26-33)51-43(60)32-7-5-30(6-8-32)27-55-19-15-31(16-20-55)28-56-21-23-57(24-22-56)38-11-10-35-41(42(38)48)46(63)58(45(35)62)39-12-13-40(59)54-44(39)61/h2-11,14,17-18,25-26,31,39H,12-13,15-16,19-24,27-28H2,1H3,(H,51,60)(H,50,52,53)(H,54,59,61)/i21D2,22D2,23D2,24D2. The van der Waals surface area contributed by atoms with E-state index in [-0.39, 0.29) is 23.6 Å². The lowest BCUT2D eigenvalue weighted by Crippen LogP contribution is -2.54. The first-order valence-corrected chi connectivity index (χ1v) is 20.5. The number of aryl methyl sites for hydroxylation is 1. The van der Waals surface area contributed by atoms with E-state index in [4.69, 9.17) is 11.0 Å². The average molecular weight is 859 g/mol. The first-order chi connectivity index (χ1) is 33.6. The van der Waals surface area contributed by atoms with Gasteiger partial charge < -0.3 is 15.5 Å². The van der Waals surface area contributed by atoms with Crippen molar-refractivity contribution < 1.29 is 39.3 Å². The molecule has 0 bridgehead atoms. The molecule has 322 valence electrons. The molecule has 3 fully saturated rings. The quantitative estimate of drug-likeness (QED) is 0.144. The summed E-state index contributed by atoms with van der Waals surface area (Å²) in [6.07, 6.45) is 5.47. The van der Waals surface area contributed by atoms with Crippen molar-refractivity contribution in [3.63, 3.8) is 0 Å². The van der Waals surface area contributed by atoms with Crippen molar-refractivity contribution >= 4 is 52.5 Å². The number of nitrogens with zero attached hydrogens (tertiary/aromatic N) is 7. The molecule has 1 atom stereocenters. The van der Waals surface area contributed by atoms with E-state index in [1.165, 1.54) is 0 Å².